The van der Waals surface area contributed by atoms with Crippen LogP contribution in [0.5, 0.6) is 11.5 Å². The highest BCUT2D eigenvalue weighted by Gasteiger charge is 2.52. The Morgan fingerprint density at radius 3 is 2.48 bits per heavy atom. The second kappa shape index (κ2) is 11.3. The summed E-state index contributed by atoms with van der Waals surface area (Å²) in [5, 5.41) is 20.6. The largest absolute Gasteiger partial charge is 0.586 e. The van der Waals surface area contributed by atoms with Crippen LogP contribution in [0.1, 0.15) is 49.1 Å². The lowest BCUT2D eigenvalue weighted by atomic mass is 9.87. The fourth-order valence-corrected chi connectivity index (χ4v) is 6.01. The molecular weight excluding hydrogens is 575 g/mol. The van der Waals surface area contributed by atoms with Gasteiger partial charge in [-0.2, -0.15) is 0 Å². The molecule has 1 atom stereocenters. The average molecular weight is 610 g/mol. The first-order valence-electron chi connectivity index (χ1n) is 14.6. The van der Waals surface area contributed by atoms with Crippen LogP contribution >= 0.6 is 0 Å². The summed E-state index contributed by atoms with van der Waals surface area (Å²) < 4.78 is 59.6. The van der Waals surface area contributed by atoms with E-state index in [4.69, 9.17) is 4.74 Å². The number of carbonyl (C=O) groups is 1. The van der Waals surface area contributed by atoms with Crippen molar-refractivity contribution in [1.82, 2.24) is 4.57 Å². The monoisotopic (exact) mass is 609 g/mol. The molecule has 1 saturated carbocycles. The summed E-state index contributed by atoms with van der Waals surface area (Å²) in [5.74, 6) is -1.02. The molecule has 3 aromatic carbocycles. The summed E-state index contributed by atoms with van der Waals surface area (Å²) in [6.07, 6.45) is -3.97. The zero-order chi connectivity index (χ0) is 31.3. The molecule has 2 heterocycles. The minimum absolute atomic E-state index is 0.0431. The zero-order valence-electron chi connectivity index (χ0n) is 24.5. The van der Waals surface area contributed by atoms with Crippen molar-refractivity contribution < 1.29 is 42.4 Å². The minimum atomic E-state index is -3.76. The number of nitrogens with zero attached hydrogens (tertiary/aromatic N) is 1. The SMILES string of the molecule is CC(C)(COCc1ccccc1)c1cc2cc(CC(=O)C3(c4ccc5c(c4)OC(F)(F)O5)CC3)c(F)cc2n1C[C@@H](O)CO. The van der Waals surface area contributed by atoms with Gasteiger partial charge in [-0.1, -0.05) is 50.2 Å². The van der Waals surface area contributed by atoms with E-state index in [-0.39, 0.29) is 35.8 Å². The van der Waals surface area contributed by atoms with E-state index >= 15 is 4.39 Å². The average Bonchev–Trinajstić information content (AvgIpc) is 3.64. The Balaban J connectivity index is 1.27. The van der Waals surface area contributed by atoms with Gasteiger partial charge in [0.2, 0.25) is 0 Å². The molecule has 0 radical (unpaired) electrons. The minimum Gasteiger partial charge on any atom is -0.395 e. The van der Waals surface area contributed by atoms with Crippen molar-refractivity contribution in [1.29, 1.82) is 0 Å². The number of alkyl halides is 2. The number of benzene rings is 3. The summed E-state index contributed by atoms with van der Waals surface area (Å²) in [6.45, 7) is 4.32. The molecule has 0 unspecified atom stereocenters. The van der Waals surface area contributed by atoms with E-state index in [0.717, 1.165) is 11.3 Å². The van der Waals surface area contributed by atoms with Gasteiger partial charge in [-0.25, -0.2) is 4.39 Å². The van der Waals surface area contributed by atoms with E-state index in [2.05, 4.69) is 9.47 Å². The molecule has 1 aliphatic heterocycles. The van der Waals surface area contributed by atoms with E-state index in [1.165, 1.54) is 18.2 Å². The number of rotatable bonds is 12. The van der Waals surface area contributed by atoms with E-state index in [1.807, 2.05) is 50.2 Å². The Morgan fingerprint density at radius 2 is 1.77 bits per heavy atom. The van der Waals surface area contributed by atoms with Gasteiger partial charge in [0.25, 0.3) is 0 Å². The van der Waals surface area contributed by atoms with E-state index in [0.29, 0.717) is 42.5 Å². The van der Waals surface area contributed by atoms with Gasteiger partial charge in [0.1, 0.15) is 11.6 Å². The number of hydrogen-bond donors (Lipinski definition) is 2. The van der Waals surface area contributed by atoms with Crippen LogP contribution in [0.3, 0.4) is 0 Å². The molecule has 2 N–H and O–H groups in total. The fraction of sp³-hybridized carbons (Fsp3) is 0.382. The van der Waals surface area contributed by atoms with Crippen LogP contribution in [0.15, 0.2) is 66.7 Å². The molecule has 7 nitrogen and oxygen atoms in total. The Bertz CT molecular complexity index is 1700. The molecule has 44 heavy (non-hydrogen) atoms. The number of halogens is 3. The quantitative estimate of drug-likeness (QED) is 0.211. The molecule has 0 spiro atoms. The van der Waals surface area contributed by atoms with Crippen LogP contribution in [-0.4, -0.2) is 46.2 Å². The first-order valence-corrected chi connectivity index (χ1v) is 14.6. The zero-order valence-corrected chi connectivity index (χ0v) is 24.5. The Labute approximate surface area is 252 Å². The Kier molecular flexibility index (Phi) is 7.72. The van der Waals surface area contributed by atoms with Gasteiger partial charge < -0.3 is 29.0 Å². The third-order valence-corrected chi connectivity index (χ3v) is 8.53. The maximum absolute atomic E-state index is 15.6. The van der Waals surface area contributed by atoms with Crippen molar-refractivity contribution in [3.63, 3.8) is 0 Å². The predicted molar refractivity (Wildman–Crippen MR) is 156 cm³/mol. The number of aliphatic hydroxyl groups excluding tert-OH is 2. The second-order valence-corrected chi connectivity index (χ2v) is 12.4. The summed E-state index contributed by atoms with van der Waals surface area (Å²) in [6, 6.07) is 19.0. The molecule has 0 bridgehead atoms. The van der Waals surface area contributed by atoms with Crippen LogP contribution in [0.4, 0.5) is 13.2 Å². The lowest BCUT2D eigenvalue weighted by molar-refractivity contribution is -0.286. The summed E-state index contributed by atoms with van der Waals surface area (Å²) in [5.41, 5.74) is 1.63. The molecule has 1 aromatic heterocycles. The van der Waals surface area contributed by atoms with E-state index in [9.17, 15) is 23.8 Å². The number of fused-ring (bicyclic) bond motifs is 2. The van der Waals surface area contributed by atoms with Crippen LogP contribution in [-0.2, 0) is 39.9 Å². The second-order valence-electron chi connectivity index (χ2n) is 12.4. The standard InChI is InChI=1S/C34H34F3NO6/c1-32(2,20-42-19-21-6-4-3-5-7-21)30-13-23-12-22(26(35)16-27(23)38(30)17-25(40)18-39)14-31(41)33(10-11-33)24-8-9-28-29(15-24)44-34(36,37)43-28/h3-9,12-13,15-16,25,39-40H,10-11,14,17-20H2,1-2H3/t25-/m1/s1. The summed E-state index contributed by atoms with van der Waals surface area (Å²) in [7, 11) is 0. The smallest absolute Gasteiger partial charge is 0.395 e. The van der Waals surface area contributed by atoms with Gasteiger partial charge in [0.15, 0.2) is 11.5 Å². The Morgan fingerprint density at radius 1 is 1.05 bits per heavy atom. The van der Waals surface area contributed by atoms with Crippen LogP contribution in [0.25, 0.3) is 10.9 Å². The third kappa shape index (κ3) is 5.81. The number of ketones is 1. The van der Waals surface area contributed by atoms with Crippen molar-refractivity contribution in [2.45, 2.75) is 69.5 Å². The normalized spacial score (nSPS) is 17.2. The molecule has 1 aliphatic carbocycles. The van der Waals surface area contributed by atoms with Gasteiger partial charge in [0.05, 0.1) is 43.4 Å². The van der Waals surface area contributed by atoms with Crippen molar-refractivity contribution in [2.75, 3.05) is 13.2 Å². The lowest BCUT2D eigenvalue weighted by Gasteiger charge is -2.27. The van der Waals surface area contributed by atoms with Crippen molar-refractivity contribution in [2.24, 2.45) is 0 Å². The first-order chi connectivity index (χ1) is 20.9. The number of aromatic nitrogens is 1. The number of hydrogen-bond acceptors (Lipinski definition) is 6. The molecule has 0 amide bonds. The molecule has 4 aromatic rings. The highest BCUT2D eigenvalue weighted by Crippen LogP contribution is 2.52. The highest BCUT2D eigenvalue weighted by atomic mass is 19.3. The molecule has 0 saturated heterocycles. The highest BCUT2D eigenvalue weighted by molar-refractivity contribution is 5.95. The summed E-state index contributed by atoms with van der Waals surface area (Å²) in [4.78, 5) is 13.6. The van der Waals surface area contributed by atoms with E-state index < -0.39 is 35.7 Å². The molecule has 1 fully saturated rings. The van der Waals surface area contributed by atoms with Crippen molar-refractivity contribution in [3.8, 4) is 11.5 Å². The first kappa shape index (κ1) is 30.2. The number of Topliss-reactive ketones (excluding diaryl/α,β-unsaturated/α-hetero) is 1. The molecule has 2 aliphatic rings. The van der Waals surface area contributed by atoms with Crippen LogP contribution in [0, 0.1) is 5.82 Å². The lowest BCUT2D eigenvalue weighted by Crippen LogP contribution is -2.30. The topological polar surface area (TPSA) is 90.2 Å². The van der Waals surface area contributed by atoms with Gasteiger partial charge in [-0.05, 0) is 59.9 Å². The summed E-state index contributed by atoms with van der Waals surface area (Å²) >= 11 is 0. The van der Waals surface area contributed by atoms with Crippen molar-refractivity contribution >= 4 is 16.7 Å². The maximum atomic E-state index is 15.6. The van der Waals surface area contributed by atoms with Gasteiger partial charge in [0, 0.05) is 22.9 Å². The van der Waals surface area contributed by atoms with Crippen LogP contribution in [0.2, 0.25) is 0 Å². The van der Waals surface area contributed by atoms with E-state index in [1.54, 1.807) is 16.7 Å². The van der Waals surface area contributed by atoms with Gasteiger partial charge in [-0.15, -0.1) is 8.78 Å². The van der Waals surface area contributed by atoms with Gasteiger partial charge >= 0.3 is 6.29 Å². The number of aliphatic hydroxyl groups is 2. The number of carbonyl (C=O) groups excluding carboxylic acids is 1. The van der Waals surface area contributed by atoms with Crippen LogP contribution < -0.4 is 9.47 Å². The molecule has 232 valence electrons. The third-order valence-electron chi connectivity index (χ3n) is 8.53. The maximum Gasteiger partial charge on any atom is 0.586 e. The van der Waals surface area contributed by atoms with Gasteiger partial charge in [-0.3, -0.25) is 4.79 Å². The predicted octanol–water partition coefficient (Wildman–Crippen LogP) is 5.79. The molecule has 6 rings (SSSR count). The molecular formula is C34H34F3NO6. The number of ether oxygens (including phenoxy) is 3. The van der Waals surface area contributed by atoms with Crippen molar-refractivity contribution in [3.05, 3.63) is 94.9 Å². The molecule has 10 heteroatoms. The Hall–Kier alpha value is -3.86. The fourth-order valence-electron chi connectivity index (χ4n) is 6.01.